The van der Waals surface area contributed by atoms with E-state index in [2.05, 4.69) is 5.32 Å². The molecule has 0 saturated carbocycles. The normalized spacial score (nSPS) is 32.1. The third-order valence-corrected chi connectivity index (χ3v) is 3.73. The van der Waals surface area contributed by atoms with Crippen LogP contribution in [0.4, 0.5) is 0 Å². The summed E-state index contributed by atoms with van der Waals surface area (Å²) in [6.45, 7) is 5.37. The zero-order valence-corrected chi connectivity index (χ0v) is 10.4. The molecule has 2 aliphatic heterocycles. The molecule has 0 bridgehead atoms. The minimum atomic E-state index is -0.183. The quantitative estimate of drug-likeness (QED) is 0.698. The van der Waals surface area contributed by atoms with Gasteiger partial charge in [-0.2, -0.15) is 0 Å². The number of esters is 1. The third kappa shape index (κ3) is 2.60. The molecule has 2 rings (SSSR count). The van der Waals surface area contributed by atoms with Crippen LogP contribution >= 0.6 is 0 Å². The van der Waals surface area contributed by atoms with Gasteiger partial charge in [-0.25, -0.2) is 0 Å². The van der Waals surface area contributed by atoms with Crippen molar-refractivity contribution in [3.8, 4) is 0 Å². The van der Waals surface area contributed by atoms with Gasteiger partial charge in [0.25, 0.3) is 0 Å². The number of hydrogen-bond acceptors (Lipinski definition) is 4. The lowest BCUT2D eigenvalue weighted by molar-refractivity contribution is -0.145. The SMILES string of the molecule is CCOC(=O)[C@@H]1C[C@H]2CCN(C(C)=O)C[C@@H]2N1. The summed E-state index contributed by atoms with van der Waals surface area (Å²) in [4.78, 5) is 24.8. The van der Waals surface area contributed by atoms with E-state index in [-0.39, 0.29) is 24.0 Å². The van der Waals surface area contributed by atoms with E-state index >= 15 is 0 Å². The van der Waals surface area contributed by atoms with Crippen LogP contribution in [0.3, 0.4) is 0 Å². The van der Waals surface area contributed by atoms with Crippen LogP contribution in [0.1, 0.15) is 26.7 Å². The first-order valence-corrected chi connectivity index (χ1v) is 6.30. The topological polar surface area (TPSA) is 58.6 Å². The summed E-state index contributed by atoms with van der Waals surface area (Å²) in [5.41, 5.74) is 0. The van der Waals surface area contributed by atoms with Crippen LogP contribution in [-0.2, 0) is 14.3 Å². The van der Waals surface area contributed by atoms with E-state index in [0.29, 0.717) is 12.5 Å². The van der Waals surface area contributed by atoms with E-state index in [1.165, 1.54) is 0 Å². The Bertz CT molecular complexity index is 319. The second-order valence-electron chi connectivity index (χ2n) is 4.83. The van der Waals surface area contributed by atoms with Gasteiger partial charge in [0.1, 0.15) is 6.04 Å². The smallest absolute Gasteiger partial charge is 0.323 e. The van der Waals surface area contributed by atoms with Crippen molar-refractivity contribution in [3.63, 3.8) is 0 Å². The fraction of sp³-hybridized carbons (Fsp3) is 0.833. The summed E-state index contributed by atoms with van der Waals surface area (Å²) in [6.07, 6.45) is 1.82. The molecule has 0 unspecified atom stereocenters. The van der Waals surface area contributed by atoms with Gasteiger partial charge >= 0.3 is 5.97 Å². The molecular weight excluding hydrogens is 220 g/mol. The molecule has 1 N–H and O–H groups in total. The number of amides is 1. The van der Waals surface area contributed by atoms with Crippen LogP contribution in [-0.4, -0.2) is 48.6 Å². The monoisotopic (exact) mass is 240 g/mol. The molecule has 5 nitrogen and oxygen atoms in total. The molecule has 96 valence electrons. The fourth-order valence-corrected chi connectivity index (χ4v) is 2.79. The van der Waals surface area contributed by atoms with Crippen LogP contribution < -0.4 is 5.32 Å². The molecule has 1 amide bonds. The van der Waals surface area contributed by atoms with E-state index in [0.717, 1.165) is 25.9 Å². The molecule has 5 heteroatoms. The van der Waals surface area contributed by atoms with Crippen molar-refractivity contribution < 1.29 is 14.3 Å². The molecule has 0 spiro atoms. The lowest BCUT2D eigenvalue weighted by Crippen LogP contribution is -2.49. The number of nitrogens with one attached hydrogen (secondary N) is 1. The Labute approximate surface area is 101 Å². The number of nitrogens with zero attached hydrogens (tertiary/aromatic N) is 1. The molecule has 0 aromatic heterocycles. The summed E-state index contributed by atoms with van der Waals surface area (Å²) >= 11 is 0. The summed E-state index contributed by atoms with van der Waals surface area (Å²) in [6, 6.07) is 0.0684. The molecular formula is C12H20N2O3. The Hall–Kier alpha value is -1.10. The molecule has 17 heavy (non-hydrogen) atoms. The molecule has 2 heterocycles. The fourth-order valence-electron chi connectivity index (χ4n) is 2.79. The number of fused-ring (bicyclic) bond motifs is 1. The van der Waals surface area contributed by atoms with Gasteiger partial charge in [0.05, 0.1) is 6.61 Å². The maximum atomic E-state index is 11.6. The molecule has 0 aliphatic carbocycles. The number of carbonyl (C=O) groups excluding carboxylic acids is 2. The number of likely N-dealkylation sites (tertiary alicyclic amines) is 1. The van der Waals surface area contributed by atoms with Gasteiger partial charge in [0.2, 0.25) is 5.91 Å². The number of rotatable bonds is 2. The zero-order chi connectivity index (χ0) is 12.4. The highest BCUT2D eigenvalue weighted by molar-refractivity contribution is 5.76. The van der Waals surface area contributed by atoms with E-state index in [4.69, 9.17) is 4.74 Å². The molecule has 2 fully saturated rings. The molecule has 0 radical (unpaired) electrons. The number of ether oxygens (including phenoxy) is 1. The Morgan fingerprint density at radius 2 is 2.24 bits per heavy atom. The Morgan fingerprint density at radius 3 is 2.88 bits per heavy atom. The van der Waals surface area contributed by atoms with Crippen molar-refractivity contribution in [3.05, 3.63) is 0 Å². The van der Waals surface area contributed by atoms with Gasteiger partial charge in [0, 0.05) is 26.1 Å². The second-order valence-corrected chi connectivity index (χ2v) is 4.83. The third-order valence-electron chi connectivity index (χ3n) is 3.73. The summed E-state index contributed by atoms with van der Waals surface area (Å²) in [5, 5.41) is 3.29. The van der Waals surface area contributed by atoms with Crippen molar-refractivity contribution in [1.29, 1.82) is 0 Å². The average Bonchev–Trinajstić information content (AvgIpc) is 2.71. The van der Waals surface area contributed by atoms with Gasteiger partial charge < -0.3 is 9.64 Å². The largest absolute Gasteiger partial charge is 0.465 e. The summed E-state index contributed by atoms with van der Waals surface area (Å²) in [5.74, 6) is 0.459. The standard InChI is InChI=1S/C12H20N2O3/c1-3-17-12(16)10-6-9-4-5-14(8(2)15)7-11(9)13-10/h9-11,13H,3-7H2,1-2H3/t9-,10+,11+/m1/s1. The molecule has 2 aliphatic rings. The zero-order valence-electron chi connectivity index (χ0n) is 10.4. The minimum Gasteiger partial charge on any atom is -0.465 e. The van der Waals surface area contributed by atoms with Crippen molar-refractivity contribution in [1.82, 2.24) is 10.2 Å². The lowest BCUT2D eigenvalue weighted by Gasteiger charge is -2.34. The minimum absolute atomic E-state index is 0.116. The Morgan fingerprint density at radius 1 is 1.47 bits per heavy atom. The summed E-state index contributed by atoms with van der Waals surface area (Å²) in [7, 11) is 0. The number of hydrogen-bond donors (Lipinski definition) is 1. The predicted molar refractivity (Wildman–Crippen MR) is 62.3 cm³/mol. The van der Waals surface area contributed by atoms with E-state index in [9.17, 15) is 9.59 Å². The van der Waals surface area contributed by atoms with Crippen LogP contribution in [0.15, 0.2) is 0 Å². The highest BCUT2D eigenvalue weighted by atomic mass is 16.5. The molecule has 0 aromatic carbocycles. The molecule has 2 saturated heterocycles. The van der Waals surface area contributed by atoms with Crippen molar-refractivity contribution >= 4 is 11.9 Å². The number of piperidine rings is 1. The number of carbonyl (C=O) groups is 2. The van der Waals surface area contributed by atoms with Gasteiger partial charge in [-0.3, -0.25) is 14.9 Å². The van der Waals surface area contributed by atoms with Crippen LogP contribution in [0.2, 0.25) is 0 Å². The van der Waals surface area contributed by atoms with Crippen LogP contribution in [0.5, 0.6) is 0 Å². The van der Waals surface area contributed by atoms with Crippen LogP contribution in [0, 0.1) is 5.92 Å². The first-order chi connectivity index (χ1) is 8.11. The first-order valence-electron chi connectivity index (χ1n) is 6.30. The highest BCUT2D eigenvalue weighted by Gasteiger charge is 2.41. The van der Waals surface area contributed by atoms with Gasteiger partial charge in [0.15, 0.2) is 0 Å². The van der Waals surface area contributed by atoms with Gasteiger partial charge in [-0.1, -0.05) is 0 Å². The van der Waals surface area contributed by atoms with Crippen LogP contribution in [0.25, 0.3) is 0 Å². The molecule has 0 aromatic rings. The average molecular weight is 240 g/mol. The van der Waals surface area contributed by atoms with E-state index in [1.807, 2.05) is 11.8 Å². The van der Waals surface area contributed by atoms with Gasteiger partial charge in [-0.05, 0) is 25.7 Å². The van der Waals surface area contributed by atoms with Gasteiger partial charge in [-0.15, -0.1) is 0 Å². The second kappa shape index (κ2) is 5.04. The maximum absolute atomic E-state index is 11.6. The van der Waals surface area contributed by atoms with Crippen molar-refractivity contribution in [2.45, 2.75) is 38.8 Å². The Balaban J connectivity index is 1.92. The van der Waals surface area contributed by atoms with E-state index in [1.54, 1.807) is 6.92 Å². The van der Waals surface area contributed by atoms with E-state index < -0.39 is 0 Å². The molecule has 3 atom stereocenters. The van der Waals surface area contributed by atoms with Crippen molar-refractivity contribution in [2.75, 3.05) is 19.7 Å². The van der Waals surface area contributed by atoms with Crippen molar-refractivity contribution in [2.24, 2.45) is 5.92 Å². The summed E-state index contributed by atoms with van der Waals surface area (Å²) < 4.78 is 5.02. The Kier molecular flexibility index (Phi) is 3.66. The first kappa shape index (κ1) is 12.4. The lowest BCUT2D eigenvalue weighted by atomic mass is 9.91. The maximum Gasteiger partial charge on any atom is 0.323 e. The predicted octanol–water partition coefficient (Wildman–Crippen LogP) is 0.148. The highest BCUT2D eigenvalue weighted by Crippen LogP contribution is 2.29.